The average molecular weight is 302 g/mol. The lowest BCUT2D eigenvalue weighted by Gasteiger charge is -2.25. The number of carbonyl (C=O) groups excluding carboxylic acids is 2. The molecule has 0 spiro atoms. The molecule has 2 aliphatic heterocycles. The van der Waals surface area contributed by atoms with Crippen LogP contribution in [0.5, 0.6) is 0 Å². The highest BCUT2D eigenvalue weighted by Crippen LogP contribution is 2.37. The fourth-order valence-electron chi connectivity index (χ4n) is 3.85. The molecule has 3 aliphatic rings. The number of rotatable bonds is 4. The molecular formula is C17H22N2O3. The van der Waals surface area contributed by atoms with E-state index in [0.29, 0.717) is 24.7 Å². The molecule has 5 heteroatoms. The van der Waals surface area contributed by atoms with Crippen LogP contribution in [0, 0.1) is 11.8 Å². The number of hydrogen-bond donors (Lipinski definition) is 0. The van der Waals surface area contributed by atoms with Crippen molar-refractivity contribution in [3.63, 3.8) is 0 Å². The summed E-state index contributed by atoms with van der Waals surface area (Å²) in [7, 11) is 0. The van der Waals surface area contributed by atoms with E-state index in [2.05, 4.69) is 4.90 Å². The van der Waals surface area contributed by atoms with Crippen molar-refractivity contribution < 1.29 is 14.0 Å². The summed E-state index contributed by atoms with van der Waals surface area (Å²) in [6.07, 6.45) is 5.94. The van der Waals surface area contributed by atoms with Gasteiger partial charge in [-0.3, -0.25) is 9.59 Å². The van der Waals surface area contributed by atoms with E-state index in [0.717, 1.165) is 44.7 Å². The van der Waals surface area contributed by atoms with Crippen LogP contribution >= 0.6 is 0 Å². The Kier molecular flexibility index (Phi) is 3.43. The number of aryl methyl sites for hydroxylation is 1. The van der Waals surface area contributed by atoms with Gasteiger partial charge in [0, 0.05) is 44.3 Å². The second-order valence-electron chi connectivity index (χ2n) is 6.80. The first kappa shape index (κ1) is 13.9. The van der Waals surface area contributed by atoms with E-state index in [4.69, 9.17) is 4.42 Å². The van der Waals surface area contributed by atoms with E-state index in [1.165, 1.54) is 0 Å². The largest absolute Gasteiger partial charge is 0.469 e. The molecule has 118 valence electrons. The number of likely N-dealkylation sites (tertiary alicyclic amines) is 2. The number of hydrogen-bond acceptors (Lipinski definition) is 3. The maximum Gasteiger partial charge on any atom is 0.226 e. The van der Waals surface area contributed by atoms with Crippen LogP contribution in [0.4, 0.5) is 0 Å². The van der Waals surface area contributed by atoms with E-state index in [1.807, 2.05) is 17.0 Å². The molecule has 0 bridgehead atoms. The van der Waals surface area contributed by atoms with Crippen molar-refractivity contribution in [3.8, 4) is 0 Å². The standard InChI is InChI=1S/C17H22N2O3/c20-16(6-5-14-2-1-9-22-14)18-10-13-7-8-19(15(13)11-18)17(21)12-3-4-12/h1-2,9,12-13,15H,3-8,10-11H2/t13-,15+/m0/s1. The maximum atomic E-state index is 12.4. The summed E-state index contributed by atoms with van der Waals surface area (Å²) in [6, 6.07) is 4.02. The molecule has 1 aliphatic carbocycles. The molecule has 3 heterocycles. The fourth-order valence-corrected chi connectivity index (χ4v) is 3.85. The first-order valence-electron chi connectivity index (χ1n) is 8.33. The van der Waals surface area contributed by atoms with Gasteiger partial charge in [-0.05, 0) is 31.4 Å². The molecule has 1 aromatic rings. The minimum atomic E-state index is 0.185. The predicted molar refractivity (Wildman–Crippen MR) is 79.9 cm³/mol. The second-order valence-corrected chi connectivity index (χ2v) is 6.80. The molecular weight excluding hydrogens is 280 g/mol. The molecule has 4 rings (SSSR count). The van der Waals surface area contributed by atoms with Crippen LogP contribution in [0.3, 0.4) is 0 Å². The number of nitrogens with zero attached hydrogens (tertiary/aromatic N) is 2. The van der Waals surface area contributed by atoms with Crippen molar-refractivity contribution in [2.24, 2.45) is 11.8 Å². The Balaban J connectivity index is 1.33. The molecule has 1 saturated carbocycles. The number of fused-ring (bicyclic) bond motifs is 1. The summed E-state index contributed by atoms with van der Waals surface area (Å²) in [5.41, 5.74) is 0. The summed E-state index contributed by atoms with van der Waals surface area (Å²) in [4.78, 5) is 28.7. The Hall–Kier alpha value is -1.78. The van der Waals surface area contributed by atoms with Gasteiger partial charge in [-0.25, -0.2) is 0 Å². The molecule has 5 nitrogen and oxygen atoms in total. The zero-order valence-electron chi connectivity index (χ0n) is 12.7. The summed E-state index contributed by atoms with van der Waals surface area (Å²) in [5.74, 6) is 2.14. The lowest BCUT2D eigenvalue weighted by atomic mass is 10.1. The lowest BCUT2D eigenvalue weighted by molar-refractivity contribution is -0.135. The second kappa shape index (κ2) is 5.45. The van der Waals surface area contributed by atoms with Gasteiger partial charge < -0.3 is 14.2 Å². The van der Waals surface area contributed by atoms with Gasteiger partial charge in [0.15, 0.2) is 0 Å². The third kappa shape index (κ3) is 2.53. The Morgan fingerprint density at radius 2 is 2.09 bits per heavy atom. The van der Waals surface area contributed by atoms with Gasteiger partial charge in [-0.2, -0.15) is 0 Å². The van der Waals surface area contributed by atoms with Crippen LogP contribution in [-0.2, 0) is 16.0 Å². The minimum absolute atomic E-state index is 0.185. The van der Waals surface area contributed by atoms with Crippen molar-refractivity contribution in [3.05, 3.63) is 24.2 Å². The average Bonchev–Trinajstić information content (AvgIpc) is 2.93. The molecule has 2 atom stereocenters. The van der Waals surface area contributed by atoms with Gasteiger partial charge in [0.2, 0.25) is 11.8 Å². The fraction of sp³-hybridized carbons (Fsp3) is 0.647. The third-order valence-electron chi connectivity index (χ3n) is 5.28. The van der Waals surface area contributed by atoms with Crippen LogP contribution in [0.2, 0.25) is 0 Å². The van der Waals surface area contributed by atoms with Crippen molar-refractivity contribution in [2.45, 2.75) is 38.1 Å². The number of carbonyl (C=O) groups is 2. The van der Waals surface area contributed by atoms with Gasteiger partial charge in [0.1, 0.15) is 5.76 Å². The van der Waals surface area contributed by atoms with Crippen LogP contribution in [0.25, 0.3) is 0 Å². The summed E-state index contributed by atoms with van der Waals surface area (Å²) >= 11 is 0. The molecule has 0 radical (unpaired) electrons. The van der Waals surface area contributed by atoms with Crippen LogP contribution in [-0.4, -0.2) is 47.3 Å². The Bertz CT molecular complexity index is 564. The van der Waals surface area contributed by atoms with Crippen molar-refractivity contribution in [1.82, 2.24) is 9.80 Å². The highest BCUT2D eigenvalue weighted by atomic mass is 16.3. The van der Waals surface area contributed by atoms with E-state index in [-0.39, 0.29) is 17.9 Å². The summed E-state index contributed by atoms with van der Waals surface area (Å²) in [6.45, 7) is 2.43. The van der Waals surface area contributed by atoms with Crippen LogP contribution in [0.1, 0.15) is 31.4 Å². The lowest BCUT2D eigenvalue weighted by Crippen LogP contribution is -2.41. The smallest absolute Gasteiger partial charge is 0.226 e. The molecule has 0 unspecified atom stereocenters. The third-order valence-corrected chi connectivity index (χ3v) is 5.28. The molecule has 1 aromatic heterocycles. The Morgan fingerprint density at radius 1 is 1.23 bits per heavy atom. The monoisotopic (exact) mass is 302 g/mol. The van der Waals surface area contributed by atoms with E-state index in [9.17, 15) is 9.59 Å². The first-order chi connectivity index (χ1) is 10.7. The summed E-state index contributed by atoms with van der Waals surface area (Å²) in [5, 5.41) is 0. The van der Waals surface area contributed by atoms with Crippen molar-refractivity contribution in [2.75, 3.05) is 19.6 Å². The molecule has 0 N–H and O–H groups in total. The van der Waals surface area contributed by atoms with Crippen LogP contribution < -0.4 is 0 Å². The van der Waals surface area contributed by atoms with E-state index in [1.54, 1.807) is 6.26 Å². The highest BCUT2D eigenvalue weighted by molar-refractivity contribution is 5.82. The van der Waals surface area contributed by atoms with Gasteiger partial charge in [0.25, 0.3) is 0 Å². The SMILES string of the molecule is O=C(CCc1ccco1)N1C[C@@H]2CCN(C(=O)C3CC3)[C@@H]2C1. The highest BCUT2D eigenvalue weighted by Gasteiger charge is 2.47. The van der Waals surface area contributed by atoms with Gasteiger partial charge in [0.05, 0.1) is 12.3 Å². The van der Waals surface area contributed by atoms with E-state index >= 15 is 0 Å². The molecule has 2 saturated heterocycles. The summed E-state index contributed by atoms with van der Waals surface area (Å²) < 4.78 is 5.28. The maximum absolute atomic E-state index is 12.4. The van der Waals surface area contributed by atoms with E-state index < -0.39 is 0 Å². The molecule has 2 amide bonds. The molecule has 3 fully saturated rings. The molecule has 0 aromatic carbocycles. The quantitative estimate of drug-likeness (QED) is 0.850. The Morgan fingerprint density at radius 3 is 2.82 bits per heavy atom. The number of furan rings is 1. The Labute approximate surface area is 130 Å². The minimum Gasteiger partial charge on any atom is -0.469 e. The predicted octanol–water partition coefficient (Wildman–Crippen LogP) is 1.68. The zero-order chi connectivity index (χ0) is 15.1. The first-order valence-corrected chi connectivity index (χ1v) is 8.33. The zero-order valence-corrected chi connectivity index (χ0v) is 12.7. The van der Waals surface area contributed by atoms with Crippen molar-refractivity contribution >= 4 is 11.8 Å². The number of amides is 2. The van der Waals surface area contributed by atoms with Crippen molar-refractivity contribution in [1.29, 1.82) is 0 Å². The van der Waals surface area contributed by atoms with Gasteiger partial charge >= 0.3 is 0 Å². The van der Waals surface area contributed by atoms with Gasteiger partial charge in [-0.15, -0.1) is 0 Å². The topological polar surface area (TPSA) is 53.8 Å². The molecule has 22 heavy (non-hydrogen) atoms. The normalized spacial score (nSPS) is 27.3. The van der Waals surface area contributed by atoms with Crippen LogP contribution in [0.15, 0.2) is 22.8 Å². The van der Waals surface area contributed by atoms with Gasteiger partial charge in [-0.1, -0.05) is 0 Å².